The lowest BCUT2D eigenvalue weighted by Crippen LogP contribution is -2.01. The Morgan fingerprint density at radius 3 is 2.62 bits per heavy atom. The predicted molar refractivity (Wildman–Crippen MR) is 85.3 cm³/mol. The van der Waals surface area contributed by atoms with Gasteiger partial charge in [-0.1, -0.05) is 42.5 Å². The van der Waals surface area contributed by atoms with Crippen LogP contribution in [0.4, 0.5) is 5.69 Å². The van der Waals surface area contributed by atoms with Gasteiger partial charge in [0.1, 0.15) is 0 Å². The van der Waals surface area contributed by atoms with E-state index in [1.54, 1.807) is 0 Å². The van der Waals surface area contributed by atoms with Crippen LogP contribution in [0, 0.1) is 0 Å². The van der Waals surface area contributed by atoms with E-state index in [2.05, 4.69) is 28.5 Å². The number of carbonyl (C=O) groups is 1. The Kier molecular flexibility index (Phi) is 3.92. The van der Waals surface area contributed by atoms with Crippen molar-refractivity contribution in [1.29, 1.82) is 0 Å². The molecule has 3 rings (SSSR count). The Balaban J connectivity index is 1.78. The Morgan fingerprint density at radius 2 is 1.71 bits per heavy atom. The molecule has 0 saturated heterocycles. The van der Waals surface area contributed by atoms with Crippen molar-refractivity contribution >= 4 is 23.0 Å². The molecular weight excluding hydrogens is 260 g/mol. The molecule has 0 radical (unpaired) electrons. The monoisotopic (exact) mass is 276 g/mol. The molecule has 1 amide bonds. The van der Waals surface area contributed by atoms with E-state index >= 15 is 0 Å². The molecule has 0 aliphatic heterocycles. The van der Waals surface area contributed by atoms with Crippen LogP contribution in [-0.4, -0.2) is 11.4 Å². The lowest BCUT2D eigenvalue weighted by Gasteiger charge is -2.08. The molecule has 0 fully saturated rings. The molecule has 0 bridgehead atoms. The number of nitrogens with one attached hydrogen (secondary N) is 1. The van der Waals surface area contributed by atoms with Crippen molar-refractivity contribution in [2.24, 2.45) is 0 Å². The van der Waals surface area contributed by atoms with Crippen LogP contribution >= 0.6 is 0 Å². The summed E-state index contributed by atoms with van der Waals surface area (Å²) < 4.78 is 0. The first-order chi connectivity index (χ1) is 10.4. The zero-order chi connectivity index (χ0) is 14.5. The van der Waals surface area contributed by atoms with Crippen molar-refractivity contribution < 1.29 is 4.79 Å². The summed E-state index contributed by atoms with van der Waals surface area (Å²) in [6, 6.07) is 20.1. The first-order valence-corrected chi connectivity index (χ1v) is 6.99. The van der Waals surface area contributed by atoms with Crippen molar-refractivity contribution in [2.45, 2.75) is 12.8 Å². The maximum Gasteiger partial charge on any atom is 0.211 e. The lowest BCUT2D eigenvalue weighted by atomic mass is 10.1. The second-order valence-electron chi connectivity index (χ2n) is 4.91. The van der Waals surface area contributed by atoms with Gasteiger partial charge in [-0.3, -0.25) is 9.78 Å². The van der Waals surface area contributed by atoms with E-state index in [0.29, 0.717) is 6.41 Å². The van der Waals surface area contributed by atoms with Crippen molar-refractivity contribution in [2.75, 3.05) is 5.32 Å². The molecular formula is C18H16N2O. The summed E-state index contributed by atoms with van der Waals surface area (Å²) in [5.41, 5.74) is 4.08. The smallest absolute Gasteiger partial charge is 0.211 e. The fourth-order valence-electron chi connectivity index (χ4n) is 2.45. The Bertz CT molecular complexity index is 768. The Morgan fingerprint density at radius 1 is 0.905 bits per heavy atom. The number of carbonyl (C=O) groups excluding carboxylic acids is 1. The summed E-state index contributed by atoms with van der Waals surface area (Å²) in [5.74, 6) is 0. The van der Waals surface area contributed by atoms with Gasteiger partial charge in [0.05, 0.1) is 5.52 Å². The number of rotatable bonds is 5. The van der Waals surface area contributed by atoms with Crippen LogP contribution in [0.1, 0.15) is 11.3 Å². The molecule has 0 aliphatic rings. The molecule has 1 aromatic heterocycles. The summed E-state index contributed by atoms with van der Waals surface area (Å²) in [4.78, 5) is 15.3. The van der Waals surface area contributed by atoms with Crippen LogP contribution in [0.15, 0.2) is 60.7 Å². The van der Waals surface area contributed by atoms with Gasteiger partial charge in [-0.15, -0.1) is 0 Å². The number of nitrogens with zero attached hydrogens (tertiary/aromatic N) is 1. The summed E-state index contributed by atoms with van der Waals surface area (Å²) in [7, 11) is 0. The largest absolute Gasteiger partial charge is 0.328 e. The van der Waals surface area contributed by atoms with Crippen molar-refractivity contribution in [3.05, 3.63) is 71.9 Å². The number of hydrogen-bond acceptors (Lipinski definition) is 2. The zero-order valence-corrected chi connectivity index (χ0v) is 11.6. The third-order valence-electron chi connectivity index (χ3n) is 3.54. The van der Waals surface area contributed by atoms with Gasteiger partial charge in [-0.05, 0) is 36.6 Å². The van der Waals surface area contributed by atoms with E-state index in [0.717, 1.165) is 40.7 Å². The molecule has 1 N–H and O–H groups in total. The zero-order valence-electron chi connectivity index (χ0n) is 11.6. The molecule has 0 unspecified atom stereocenters. The third kappa shape index (κ3) is 3.08. The fraction of sp³-hybridized carbons (Fsp3) is 0.111. The number of aromatic nitrogens is 1. The minimum atomic E-state index is 0.715. The first kappa shape index (κ1) is 13.3. The Hall–Kier alpha value is -2.68. The lowest BCUT2D eigenvalue weighted by molar-refractivity contribution is -0.105. The summed E-state index contributed by atoms with van der Waals surface area (Å²) in [5, 5.41) is 3.90. The van der Waals surface area contributed by atoms with Crippen LogP contribution in [-0.2, 0) is 17.6 Å². The summed E-state index contributed by atoms with van der Waals surface area (Å²) in [6.45, 7) is 0. The molecule has 3 heteroatoms. The molecule has 21 heavy (non-hydrogen) atoms. The molecule has 0 spiro atoms. The Labute approximate surface area is 123 Å². The van der Waals surface area contributed by atoms with E-state index in [4.69, 9.17) is 0 Å². The van der Waals surface area contributed by atoms with Gasteiger partial charge >= 0.3 is 0 Å². The van der Waals surface area contributed by atoms with Gasteiger partial charge in [-0.2, -0.15) is 0 Å². The highest BCUT2D eigenvalue weighted by molar-refractivity contribution is 5.78. The van der Waals surface area contributed by atoms with E-state index < -0.39 is 0 Å². The number of hydrogen-bond donors (Lipinski definition) is 1. The molecule has 2 aromatic carbocycles. The number of fused-ring (bicyclic) bond motifs is 1. The minimum absolute atomic E-state index is 0.715. The van der Waals surface area contributed by atoms with Crippen molar-refractivity contribution in [3.63, 3.8) is 0 Å². The number of pyridine rings is 1. The highest BCUT2D eigenvalue weighted by Crippen LogP contribution is 2.18. The van der Waals surface area contributed by atoms with Crippen molar-refractivity contribution in [1.82, 2.24) is 4.98 Å². The minimum Gasteiger partial charge on any atom is -0.328 e. The molecule has 1 heterocycles. The van der Waals surface area contributed by atoms with E-state index in [-0.39, 0.29) is 0 Å². The molecule has 0 atom stereocenters. The van der Waals surface area contributed by atoms with Gasteiger partial charge in [-0.25, -0.2) is 0 Å². The van der Waals surface area contributed by atoms with E-state index in [9.17, 15) is 4.79 Å². The molecule has 3 nitrogen and oxygen atoms in total. The number of anilines is 1. The van der Waals surface area contributed by atoms with Crippen LogP contribution in [0.25, 0.3) is 10.9 Å². The normalized spacial score (nSPS) is 10.5. The topological polar surface area (TPSA) is 42.0 Å². The van der Waals surface area contributed by atoms with Crippen LogP contribution in [0.2, 0.25) is 0 Å². The second kappa shape index (κ2) is 6.18. The number of aryl methyl sites for hydroxylation is 2. The molecule has 0 saturated carbocycles. The summed E-state index contributed by atoms with van der Waals surface area (Å²) in [6.07, 6.45) is 2.41. The van der Waals surface area contributed by atoms with Gasteiger partial charge in [0.15, 0.2) is 0 Å². The average Bonchev–Trinajstić information content (AvgIpc) is 2.54. The number of para-hydroxylation sites is 2. The van der Waals surface area contributed by atoms with Gasteiger partial charge in [0, 0.05) is 16.8 Å². The van der Waals surface area contributed by atoms with Crippen molar-refractivity contribution in [3.8, 4) is 0 Å². The van der Waals surface area contributed by atoms with Gasteiger partial charge < -0.3 is 5.32 Å². The highest BCUT2D eigenvalue weighted by Gasteiger charge is 2.03. The van der Waals surface area contributed by atoms with E-state index in [1.165, 1.54) is 0 Å². The van der Waals surface area contributed by atoms with Crippen LogP contribution in [0.5, 0.6) is 0 Å². The SMILES string of the molecule is O=CNc1ccccc1CCc1ccc2ccccc2n1. The molecule has 0 aliphatic carbocycles. The maximum absolute atomic E-state index is 10.6. The molecule has 104 valence electrons. The van der Waals surface area contributed by atoms with Crippen LogP contribution in [0.3, 0.4) is 0 Å². The maximum atomic E-state index is 10.6. The van der Waals surface area contributed by atoms with Gasteiger partial charge in [0.2, 0.25) is 6.41 Å². The second-order valence-corrected chi connectivity index (χ2v) is 4.91. The predicted octanol–water partition coefficient (Wildman–Crippen LogP) is 3.59. The molecule has 3 aromatic rings. The number of amides is 1. The fourth-order valence-corrected chi connectivity index (χ4v) is 2.45. The number of benzene rings is 2. The van der Waals surface area contributed by atoms with Gasteiger partial charge in [0.25, 0.3) is 0 Å². The quantitative estimate of drug-likeness (QED) is 0.724. The highest BCUT2D eigenvalue weighted by atomic mass is 16.1. The summed E-state index contributed by atoms with van der Waals surface area (Å²) >= 11 is 0. The third-order valence-corrected chi connectivity index (χ3v) is 3.54. The van der Waals surface area contributed by atoms with Crippen LogP contribution < -0.4 is 5.32 Å². The van der Waals surface area contributed by atoms with E-state index in [1.807, 2.05) is 42.5 Å². The average molecular weight is 276 g/mol. The standard InChI is InChI=1S/C18H16N2O/c21-13-19-17-7-3-1-5-14(17)9-11-16-12-10-15-6-2-4-8-18(15)20-16/h1-8,10,12-13H,9,11H2,(H,19,21). The first-order valence-electron chi connectivity index (χ1n) is 6.99.